The molecule has 0 radical (unpaired) electrons. The van der Waals surface area contributed by atoms with Crippen LogP contribution < -0.4 is 5.32 Å². The van der Waals surface area contributed by atoms with Crippen LogP contribution in [0.25, 0.3) is 11.0 Å². The van der Waals surface area contributed by atoms with Crippen molar-refractivity contribution in [2.75, 3.05) is 11.9 Å². The third kappa shape index (κ3) is 2.48. The SMILES string of the molecule is Cc1nc2ccccc2nc1NC1(CO)CCCCC1. The van der Waals surface area contributed by atoms with E-state index in [1.165, 1.54) is 6.42 Å². The number of hydrogen-bond donors (Lipinski definition) is 2. The Morgan fingerprint density at radius 3 is 2.40 bits per heavy atom. The van der Waals surface area contributed by atoms with Gasteiger partial charge in [0.25, 0.3) is 0 Å². The van der Waals surface area contributed by atoms with Gasteiger partial charge in [-0.3, -0.25) is 0 Å². The van der Waals surface area contributed by atoms with Gasteiger partial charge in [0.15, 0.2) is 0 Å². The van der Waals surface area contributed by atoms with E-state index < -0.39 is 0 Å². The Kier molecular flexibility index (Phi) is 3.57. The summed E-state index contributed by atoms with van der Waals surface area (Å²) in [5.41, 5.74) is 2.48. The zero-order chi connectivity index (χ0) is 14.0. The Morgan fingerprint density at radius 2 is 1.75 bits per heavy atom. The number of aliphatic hydroxyl groups is 1. The minimum atomic E-state index is -0.222. The first kappa shape index (κ1) is 13.3. The van der Waals surface area contributed by atoms with E-state index in [4.69, 9.17) is 0 Å². The molecule has 0 spiro atoms. The van der Waals surface area contributed by atoms with Crippen molar-refractivity contribution in [2.24, 2.45) is 0 Å². The van der Waals surface area contributed by atoms with Gasteiger partial charge in [0, 0.05) is 0 Å². The number of para-hydroxylation sites is 2. The van der Waals surface area contributed by atoms with Gasteiger partial charge in [-0.2, -0.15) is 0 Å². The fourth-order valence-corrected chi connectivity index (χ4v) is 3.01. The molecule has 1 aromatic carbocycles. The molecule has 1 saturated carbocycles. The van der Waals surface area contributed by atoms with Gasteiger partial charge < -0.3 is 10.4 Å². The van der Waals surface area contributed by atoms with Crippen molar-refractivity contribution < 1.29 is 5.11 Å². The summed E-state index contributed by atoms with van der Waals surface area (Å²) in [5, 5.41) is 13.3. The lowest BCUT2D eigenvalue weighted by atomic mass is 9.82. The van der Waals surface area contributed by atoms with Crippen molar-refractivity contribution in [3.05, 3.63) is 30.0 Å². The smallest absolute Gasteiger partial charge is 0.148 e. The van der Waals surface area contributed by atoms with Crippen molar-refractivity contribution in [3.8, 4) is 0 Å². The van der Waals surface area contributed by atoms with E-state index in [1.54, 1.807) is 0 Å². The Hall–Kier alpha value is -1.68. The third-order valence-corrected chi connectivity index (χ3v) is 4.24. The first-order valence-corrected chi connectivity index (χ1v) is 7.35. The van der Waals surface area contributed by atoms with E-state index in [9.17, 15) is 5.11 Å². The average molecular weight is 271 g/mol. The van der Waals surface area contributed by atoms with E-state index >= 15 is 0 Å². The Bertz CT molecular complexity index is 606. The molecule has 20 heavy (non-hydrogen) atoms. The first-order valence-electron chi connectivity index (χ1n) is 7.35. The first-order chi connectivity index (χ1) is 9.72. The van der Waals surface area contributed by atoms with Crippen molar-refractivity contribution in [2.45, 2.75) is 44.6 Å². The molecule has 0 atom stereocenters. The number of anilines is 1. The van der Waals surface area contributed by atoms with Gasteiger partial charge in [-0.15, -0.1) is 0 Å². The van der Waals surface area contributed by atoms with Crippen LogP contribution in [0.1, 0.15) is 37.8 Å². The summed E-state index contributed by atoms with van der Waals surface area (Å²) in [5.74, 6) is 0.805. The molecule has 1 aliphatic carbocycles. The van der Waals surface area contributed by atoms with E-state index in [2.05, 4.69) is 15.3 Å². The van der Waals surface area contributed by atoms with Crippen LogP contribution in [0.5, 0.6) is 0 Å². The van der Waals surface area contributed by atoms with Crippen molar-refractivity contribution in [1.82, 2.24) is 9.97 Å². The molecule has 2 N–H and O–H groups in total. The monoisotopic (exact) mass is 271 g/mol. The van der Waals surface area contributed by atoms with Crippen molar-refractivity contribution in [1.29, 1.82) is 0 Å². The Morgan fingerprint density at radius 1 is 1.10 bits per heavy atom. The molecule has 0 aliphatic heterocycles. The lowest BCUT2D eigenvalue weighted by Crippen LogP contribution is -2.44. The Labute approximate surface area is 119 Å². The lowest BCUT2D eigenvalue weighted by Gasteiger charge is -2.37. The molecular weight excluding hydrogens is 250 g/mol. The second-order valence-corrected chi connectivity index (χ2v) is 5.77. The zero-order valence-electron chi connectivity index (χ0n) is 11.9. The molecule has 0 unspecified atom stereocenters. The van der Waals surface area contributed by atoms with Crippen LogP contribution in [0.4, 0.5) is 5.82 Å². The number of fused-ring (bicyclic) bond motifs is 1. The van der Waals surface area contributed by atoms with E-state index in [0.717, 1.165) is 48.2 Å². The number of aryl methyl sites for hydroxylation is 1. The molecular formula is C16H21N3O. The number of rotatable bonds is 3. The Balaban J connectivity index is 1.95. The molecule has 0 saturated heterocycles. The number of nitrogens with one attached hydrogen (secondary N) is 1. The van der Waals surface area contributed by atoms with Gasteiger partial charge in [0.1, 0.15) is 5.82 Å². The summed E-state index contributed by atoms with van der Waals surface area (Å²) in [6, 6.07) is 7.89. The van der Waals surface area contributed by atoms with Gasteiger partial charge in [-0.25, -0.2) is 9.97 Å². The summed E-state index contributed by atoms with van der Waals surface area (Å²) in [4.78, 5) is 9.28. The largest absolute Gasteiger partial charge is 0.394 e. The minimum absolute atomic E-state index is 0.154. The maximum absolute atomic E-state index is 9.80. The van der Waals surface area contributed by atoms with Crippen LogP contribution in [0.3, 0.4) is 0 Å². The predicted molar refractivity (Wildman–Crippen MR) is 80.8 cm³/mol. The predicted octanol–water partition coefficient (Wildman–Crippen LogP) is 3.05. The second kappa shape index (κ2) is 5.37. The topological polar surface area (TPSA) is 58.0 Å². The molecule has 2 aromatic rings. The van der Waals surface area contributed by atoms with Crippen LogP contribution in [0.15, 0.2) is 24.3 Å². The molecule has 1 fully saturated rings. The molecule has 1 aliphatic rings. The van der Waals surface area contributed by atoms with E-state index in [0.29, 0.717) is 0 Å². The van der Waals surface area contributed by atoms with Crippen molar-refractivity contribution in [3.63, 3.8) is 0 Å². The maximum Gasteiger partial charge on any atom is 0.148 e. The summed E-state index contributed by atoms with van der Waals surface area (Å²) in [6.45, 7) is 2.12. The summed E-state index contributed by atoms with van der Waals surface area (Å²) >= 11 is 0. The molecule has 4 nitrogen and oxygen atoms in total. The number of hydrogen-bond acceptors (Lipinski definition) is 4. The van der Waals surface area contributed by atoms with Crippen LogP contribution in [-0.2, 0) is 0 Å². The zero-order valence-corrected chi connectivity index (χ0v) is 11.9. The highest BCUT2D eigenvalue weighted by Crippen LogP contribution is 2.31. The lowest BCUT2D eigenvalue weighted by molar-refractivity contribution is 0.172. The molecule has 0 bridgehead atoms. The number of nitrogens with zero attached hydrogens (tertiary/aromatic N) is 2. The number of aromatic nitrogens is 2. The molecule has 1 heterocycles. The van der Waals surface area contributed by atoms with Crippen molar-refractivity contribution >= 4 is 16.9 Å². The minimum Gasteiger partial charge on any atom is -0.394 e. The van der Waals surface area contributed by atoms with Crippen LogP contribution in [0, 0.1) is 6.92 Å². The normalized spacial score (nSPS) is 18.1. The maximum atomic E-state index is 9.80. The molecule has 4 heteroatoms. The summed E-state index contributed by atoms with van der Waals surface area (Å²) in [7, 11) is 0. The average Bonchev–Trinajstić information content (AvgIpc) is 2.49. The number of aliphatic hydroxyl groups excluding tert-OH is 1. The van der Waals surface area contributed by atoms with Crippen LogP contribution in [-0.4, -0.2) is 27.2 Å². The highest BCUT2D eigenvalue weighted by atomic mass is 16.3. The highest BCUT2D eigenvalue weighted by molar-refractivity contribution is 5.76. The summed E-state index contributed by atoms with van der Waals surface area (Å²) < 4.78 is 0. The standard InChI is InChI=1S/C16H21N3O/c1-12-15(18-14-8-4-3-7-13(14)17-12)19-16(11-20)9-5-2-6-10-16/h3-4,7-8,20H,2,5-6,9-11H2,1H3,(H,18,19). The van der Waals surface area contributed by atoms with Crippen LogP contribution in [0.2, 0.25) is 0 Å². The van der Waals surface area contributed by atoms with Gasteiger partial charge in [-0.1, -0.05) is 31.4 Å². The highest BCUT2D eigenvalue weighted by Gasteiger charge is 2.32. The van der Waals surface area contributed by atoms with Crippen LogP contribution >= 0.6 is 0 Å². The summed E-state index contributed by atoms with van der Waals surface area (Å²) in [6.07, 6.45) is 5.57. The fraction of sp³-hybridized carbons (Fsp3) is 0.500. The van der Waals surface area contributed by atoms with Gasteiger partial charge >= 0.3 is 0 Å². The number of benzene rings is 1. The van der Waals surface area contributed by atoms with Gasteiger partial charge in [0.2, 0.25) is 0 Å². The van der Waals surface area contributed by atoms with E-state index in [1.807, 2.05) is 31.2 Å². The molecule has 0 amide bonds. The second-order valence-electron chi connectivity index (χ2n) is 5.77. The van der Waals surface area contributed by atoms with Gasteiger partial charge in [-0.05, 0) is 31.9 Å². The van der Waals surface area contributed by atoms with E-state index in [-0.39, 0.29) is 12.1 Å². The molecule has 106 valence electrons. The van der Waals surface area contributed by atoms with Gasteiger partial charge in [0.05, 0.1) is 28.9 Å². The third-order valence-electron chi connectivity index (χ3n) is 4.24. The molecule has 3 rings (SSSR count). The quantitative estimate of drug-likeness (QED) is 0.901. The molecule has 1 aromatic heterocycles. The fourth-order valence-electron chi connectivity index (χ4n) is 3.01.